The Balaban J connectivity index is 2.15. The van der Waals surface area contributed by atoms with Crippen molar-refractivity contribution >= 4 is 5.91 Å². The predicted octanol–water partition coefficient (Wildman–Crippen LogP) is 0.818. The van der Waals surface area contributed by atoms with Crippen molar-refractivity contribution in [2.24, 2.45) is 0 Å². The zero-order valence-electron chi connectivity index (χ0n) is 11.0. The molecule has 1 aromatic carbocycles. The van der Waals surface area contributed by atoms with E-state index in [9.17, 15) is 14.4 Å². The maximum atomic E-state index is 11.9. The summed E-state index contributed by atoms with van der Waals surface area (Å²) in [4.78, 5) is 34.4. The van der Waals surface area contributed by atoms with Crippen molar-refractivity contribution in [3.63, 3.8) is 0 Å². The molecule has 2 aromatic rings. The molecule has 0 aliphatic rings. The highest BCUT2D eigenvalue weighted by Gasteiger charge is 2.10. The van der Waals surface area contributed by atoms with Crippen LogP contribution in [0, 0.1) is 0 Å². The standard InChI is InChI=1S/C14H14N2O4/c1-2-10-5-3-4-6-11(10)20-9-14(19)16-13(18)8-7-12(17)15-16/h3-8H,2,9H2,1H3,(H,15,17). The predicted molar refractivity (Wildman–Crippen MR) is 73.3 cm³/mol. The Bertz CT molecular complexity index is 730. The fourth-order valence-corrected chi connectivity index (χ4v) is 1.75. The number of aromatic amines is 1. The third-order valence-electron chi connectivity index (χ3n) is 2.77. The Hall–Kier alpha value is -2.63. The molecule has 6 nitrogen and oxygen atoms in total. The summed E-state index contributed by atoms with van der Waals surface area (Å²) in [6.07, 6.45) is 0.770. The summed E-state index contributed by atoms with van der Waals surface area (Å²) in [5.74, 6) is -0.0340. The average Bonchev–Trinajstić information content (AvgIpc) is 2.47. The zero-order valence-corrected chi connectivity index (χ0v) is 11.0. The van der Waals surface area contributed by atoms with Crippen LogP contribution in [0.1, 0.15) is 17.3 Å². The van der Waals surface area contributed by atoms with Crippen molar-refractivity contribution < 1.29 is 9.53 Å². The molecule has 20 heavy (non-hydrogen) atoms. The minimum Gasteiger partial charge on any atom is -0.483 e. The molecule has 0 fully saturated rings. The first-order chi connectivity index (χ1) is 9.61. The van der Waals surface area contributed by atoms with Crippen LogP contribution in [0.5, 0.6) is 5.75 Å². The van der Waals surface area contributed by atoms with E-state index >= 15 is 0 Å². The lowest BCUT2D eigenvalue weighted by Crippen LogP contribution is -2.35. The number of carbonyl (C=O) groups excluding carboxylic acids is 1. The number of H-pyrrole nitrogens is 1. The molecule has 0 radical (unpaired) electrons. The van der Waals surface area contributed by atoms with E-state index in [2.05, 4.69) is 5.10 Å². The van der Waals surface area contributed by atoms with Crippen LogP contribution in [-0.2, 0) is 6.42 Å². The van der Waals surface area contributed by atoms with Gasteiger partial charge in [-0.05, 0) is 18.1 Å². The Morgan fingerprint density at radius 2 is 1.95 bits per heavy atom. The van der Waals surface area contributed by atoms with Crippen molar-refractivity contribution in [2.45, 2.75) is 13.3 Å². The van der Waals surface area contributed by atoms with E-state index in [1.54, 1.807) is 12.1 Å². The second-order valence-corrected chi connectivity index (χ2v) is 4.13. The largest absolute Gasteiger partial charge is 0.483 e. The van der Waals surface area contributed by atoms with E-state index in [1.165, 1.54) is 0 Å². The van der Waals surface area contributed by atoms with Gasteiger partial charge >= 0.3 is 0 Å². The fraction of sp³-hybridized carbons (Fsp3) is 0.214. The zero-order chi connectivity index (χ0) is 14.5. The molecule has 0 spiro atoms. The molecule has 1 heterocycles. The lowest BCUT2D eigenvalue weighted by molar-refractivity contribution is 0.0812. The van der Waals surface area contributed by atoms with Crippen LogP contribution in [0.3, 0.4) is 0 Å². The number of para-hydroxylation sites is 1. The molecule has 6 heteroatoms. The van der Waals surface area contributed by atoms with Crippen LogP contribution in [-0.4, -0.2) is 22.3 Å². The van der Waals surface area contributed by atoms with Crippen molar-refractivity contribution in [3.05, 3.63) is 62.7 Å². The lowest BCUT2D eigenvalue weighted by Gasteiger charge is -2.09. The second-order valence-electron chi connectivity index (χ2n) is 4.13. The Morgan fingerprint density at radius 1 is 1.20 bits per heavy atom. The highest BCUT2D eigenvalue weighted by molar-refractivity contribution is 5.79. The van der Waals surface area contributed by atoms with Crippen molar-refractivity contribution in [1.82, 2.24) is 9.78 Å². The maximum Gasteiger partial charge on any atom is 0.286 e. The minimum absolute atomic E-state index is 0.323. The van der Waals surface area contributed by atoms with Crippen LogP contribution in [0.25, 0.3) is 0 Å². The normalized spacial score (nSPS) is 10.2. The average molecular weight is 274 g/mol. The van der Waals surface area contributed by atoms with Gasteiger partial charge in [0.15, 0.2) is 6.61 Å². The number of hydrogen-bond donors (Lipinski definition) is 1. The van der Waals surface area contributed by atoms with Crippen LogP contribution < -0.4 is 15.9 Å². The maximum absolute atomic E-state index is 11.9. The van der Waals surface area contributed by atoms with Gasteiger partial charge in [0.2, 0.25) is 0 Å². The van der Waals surface area contributed by atoms with Crippen LogP contribution in [0.2, 0.25) is 0 Å². The molecule has 0 amide bonds. The molecular weight excluding hydrogens is 260 g/mol. The first-order valence-corrected chi connectivity index (χ1v) is 6.18. The highest BCUT2D eigenvalue weighted by Crippen LogP contribution is 2.17. The van der Waals surface area contributed by atoms with Gasteiger partial charge in [-0.15, -0.1) is 0 Å². The molecule has 2 rings (SSSR count). The Morgan fingerprint density at radius 3 is 2.70 bits per heavy atom. The third kappa shape index (κ3) is 3.03. The second kappa shape index (κ2) is 6.01. The number of rotatable bonds is 4. The first-order valence-electron chi connectivity index (χ1n) is 6.18. The summed E-state index contributed by atoms with van der Waals surface area (Å²) in [7, 11) is 0. The number of nitrogens with zero attached hydrogens (tertiary/aromatic N) is 1. The molecule has 0 aliphatic heterocycles. The van der Waals surface area contributed by atoms with Crippen LogP contribution in [0.4, 0.5) is 0 Å². The van der Waals surface area contributed by atoms with Crippen LogP contribution in [0.15, 0.2) is 46.0 Å². The molecule has 0 atom stereocenters. The number of hydrogen-bond acceptors (Lipinski definition) is 4. The molecule has 104 valence electrons. The summed E-state index contributed by atoms with van der Waals surface area (Å²) in [5.41, 5.74) is -0.150. The van der Waals surface area contributed by atoms with E-state index in [0.717, 1.165) is 24.1 Å². The molecule has 0 unspecified atom stereocenters. The van der Waals surface area contributed by atoms with E-state index in [-0.39, 0.29) is 6.61 Å². The van der Waals surface area contributed by atoms with Crippen molar-refractivity contribution in [1.29, 1.82) is 0 Å². The van der Waals surface area contributed by atoms with Gasteiger partial charge in [0.1, 0.15) is 5.75 Å². The first kappa shape index (κ1) is 13.8. The third-order valence-corrected chi connectivity index (χ3v) is 2.77. The van der Waals surface area contributed by atoms with Crippen molar-refractivity contribution in [2.75, 3.05) is 6.61 Å². The smallest absolute Gasteiger partial charge is 0.286 e. The quantitative estimate of drug-likeness (QED) is 0.895. The highest BCUT2D eigenvalue weighted by atomic mass is 16.5. The van der Waals surface area contributed by atoms with E-state index in [0.29, 0.717) is 10.4 Å². The number of aryl methyl sites for hydroxylation is 1. The van der Waals surface area contributed by atoms with E-state index < -0.39 is 17.0 Å². The minimum atomic E-state index is -0.626. The number of ether oxygens (including phenoxy) is 1. The molecule has 0 aliphatic carbocycles. The van der Waals surface area contributed by atoms with Gasteiger partial charge < -0.3 is 4.74 Å². The van der Waals surface area contributed by atoms with Gasteiger partial charge in [-0.2, -0.15) is 4.68 Å². The monoisotopic (exact) mass is 274 g/mol. The molecule has 0 bridgehead atoms. The number of carbonyl (C=O) groups is 1. The molecule has 1 N–H and O–H groups in total. The summed E-state index contributed by atoms with van der Waals surface area (Å²) in [6.45, 7) is 1.65. The molecule has 0 saturated carbocycles. The van der Waals surface area contributed by atoms with E-state index in [1.807, 2.05) is 19.1 Å². The summed E-state index contributed by atoms with van der Waals surface area (Å²) < 4.78 is 6.06. The molecular formula is C14H14N2O4. The number of benzene rings is 1. The fourth-order valence-electron chi connectivity index (χ4n) is 1.75. The number of nitrogens with one attached hydrogen (secondary N) is 1. The van der Waals surface area contributed by atoms with Gasteiger partial charge in [0.05, 0.1) is 0 Å². The van der Waals surface area contributed by atoms with Gasteiger partial charge in [-0.3, -0.25) is 19.5 Å². The van der Waals surface area contributed by atoms with Gasteiger partial charge in [-0.1, -0.05) is 25.1 Å². The van der Waals surface area contributed by atoms with Gasteiger partial charge in [-0.25, -0.2) is 0 Å². The Labute approximate surface area is 114 Å². The number of aromatic nitrogens is 2. The molecule has 1 aromatic heterocycles. The Kier molecular flexibility index (Phi) is 4.14. The van der Waals surface area contributed by atoms with E-state index in [4.69, 9.17) is 4.74 Å². The van der Waals surface area contributed by atoms with Crippen LogP contribution >= 0.6 is 0 Å². The molecule has 0 saturated heterocycles. The SMILES string of the molecule is CCc1ccccc1OCC(=O)n1[nH]c(=O)ccc1=O. The topological polar surface area (TPSA) is 81.2 Å². The summed E-state index contributed by atoms with van der Waals surface area (Å²) in [6, 6.07) is 9.44. The van der Waals surface area contributed by atoms with Crippen molar-refractivity contribution in [3.8, 4) is 5.75 Å². The summed E-state index contributed by atoms with van der Waals surface area (Å²) in [5, 5.41) is 2.16. The van der Waals surface area contributed by atoms with Gasteiger partial charge in [0, 0.05) is 12.1 Å². The summed E-state index contributed by atoms with van der Waals surface area (Å²) >= 11 is 0. The van der Waals surface area contributed by atoms with Gasteiger partial charge in [0.25, 0.3) is 17.0 Å². The lowest BCUT2D eigenvalue weighted by atomic mass is 10.1.